The fourth-order valence-corrected chi connectivity index (χ4v) is 2.53. The molecule has 1 unspecified atom stereocenters. The zero-order chi connectivity index (χ0) is 12.8. The van der Waals surface area contributed by atoms with Gasteiger partial charge in [0, 0.05) is 6.04 Å². The number of rotatable bonds is 6. The van der Waals surface area contributed by atoms with Gasteiger partial charge in [-0.15, -0.1) is 6.58 Å². The second kappa shape index (κ2) is 6.61. The van der Waals surface area contributed by atoms with E-state index in [1.54, 1.807) is 0 Å². The molecule has 1 N–H and O–H groups in total. The Morgan fingerprint density at radius 1 is 1.24 bits per heavy atom. The number of benzene rings is 1. The van der Waals surface area contributed by atoms with Crippen LogP contribution in [0.4, 0.5) is 0 Å². The molecule has 0 heterocycles. The van der Waals surface area contributed by atoms with Gasteiger partial charge in [-0.3, -0.25) is 0 Å². The molecule has 0 aliphatic rings. The van der Waals surface area contributed by atoms with Crippen LogP contribution in [-0.4, -0.2) is 6.54 Å². The Labute approximate surface area is 106 Å². The summed E-state index contributed by atoms with van der Waals surface area (Å²) in [5.74, 6) is 0. The van der Waals surface area contributed by atoms with Crippen molar-refractivity contribution in [2.75, 3.05) is 6.54 Å². The van der Waals surface area contributed by atoms with Crippen molar-refractivity contribution in [1.29, 1.82) is 0 Å². The first-order valence-electron chi connectivity index (χ1n) is 6.52. The Kier molecular flexibility index (Phi) is 5.43. The van der Waals surface area contributed by atoms with Crippen molar-refractivity contribution >= 4 is 0 Å². The van der Waals surface area contributed by atoms with Crippen molar-refractivity contribution in [3.8, 4) is 0 Å². The van der Waals surface area contributed by atoms with E-state index in [1.807, 2.05) is 6.08 Å². The van der Waals surface area contributed by atoms with Crippen LogP contribution in [0.15, 0.2) is 24.8 Å². The average Bonchev–Trinajstić information content (AvgIpc) is 2.24. The SMILES string of the molecule is C=CCC(NCCC)c1c(C)cc(C)cc1C. The Morgan fingerprint density at radius 3 is 2.29 bits per heavy atom. The molecule has 1 aromatic carbocycles. The van der Waals surface area contributed by atoms with Gasteiger partial charge in [0.1, 0.15) is 0 Å². The molecular formula is C16H25N. The lowest BCUT2D eigenvalue weighted by molar-refractivity contribution is 0.533. The van der Waals surface area contributed by atoms with E-state index < -0.39 is 0 Å². The summed E-state index contributed by atoms with van der Waals surface area (Å²) in [7, 11) is 0. The summed E-state index contributed by atoms with van der Waals surface area (Å²) in [6.07, 6.45) is 4.16. The first-order valence-corrected chi connectivity index (χ1v) is 6.52. The van der Waals surface area contributed by atoms with E-state index in [0.29, 0.717) is 6.04 Å². The highest BCUT2D eigenvalue weighted by molar-refractivity contribution is 5.39. The normalized spacial score (nSPS) is 12.5. The fraction of sp³-hybridized carbons (Fsp3) is 0.500. The Morgan fingerprint density at radius 2 is 1.82 bits per heavy atom. The van der Waals surface area contributed by atoms with E-state index in [-0.39, 0.29) is 0 Å². The van der Waals surface area contributed by atoms with Crippen molar-refractivity contribution < 1.29 is 0 Å². The molecule has 94 valence electrons. The summed E-state index contributed by atoms with van der Waals surface area (Å²) in [4.78, 5) is 0. The molecule has 0 fully saturated rings. The largest absolute Gasteiger partial charge is 0.310 e. The van der Waals surface area contributed by atoms with E-state index in [2.05, 4.69) is 51.7 Å². The third kappa shape index (κ3) is 3.71. The topological polar surface area (TPSA) is 12.0 Å². The zero-order valence-electron chi connectivity index (χ0n) is 11.6. The summed E-state index contributed by atoms with van der Waals surface area (Å²) in [5.41, 5.74) is 5.57. The quantitative estimate of drug-likeness (QED) is 0.722. The smallest absolute Gasteiger partial charge is 0.0360 e. The van der Waals surface area contributed by atoms with E-state index in [1.165, 1.54) is 22.3 Å². The van der Waals surface area contributed by atoms with Crippen LogP contribution in [0.2, 0.25) is 0 Å². The van der Waals surface area contributed by atoms with Crippen molar-refractivity contribution in [1.82, 2.24) is 5.32 Å². The summed E-state index contributed by atoms with van der Waals surface area (Å²) in [6.45, 7) is 13.7. The molecule has 0 aliphatic heterocycles. The van der Waals surface area contributed by atoms with Crippen LogP contribution in [0.3, 0.4) is 0 Å². The minimum absolute atomic E-state index is 0.410. The van der Waals surface area contributed by atoms with E-state index >= 15 is 0 Å². The second-order valence-electron chi connectivity index (χ2n) is 4.84. The van der Waals surface area contributed by atoms with Gasteiger partial charge in [0.15, 0.2) is 0 Å². The van der Waals surface area contributed by atoms with Crippen LogP contribution >= 0.6 is 0 Å². The van der Waals surface area contributed by atoms with Crippen LogP contribution in [0.25, 0.3) is 0 Å². The molecule has 1 atom stereocenters. The van der Waals surface area contributed by atoms with Crippen LogP contribution in [0.5, 0.6) is 0 Å². The molecule has 0 aromatic heterocycles. The molecule has 0 saturated heterocycles. The standard InChI is InChI=1S/C16H25N/c1-6-8-15(17-9-7-2)16-13(4)10-12(3)11-14(16)5/h6,10-11,15,17H,1,7-9H2,2-5H3. The summed E-state index contributed by atoms with van der Waals surface area (Å²) in [6, 6.07) is 4.95. The average molecular weight is 231 g/mol. The molecule has 1 heteroatoms. The maximum Gasteiger partial charge on any atom is 0.0360 e. The highest BCUT2D eigenvalue weighted by Gasteiger charge is 2.14. The minimum Gasteiger partial charge on any atom is -0.310 e. The van der Waals surface area contributed by atoms with Gasteiger partial charge in [-0.25, -0.2) is 0 Å². The van der Waals surface area contributed by atoms with Gasteiger partial charge in [-0.05, 0) is 56.8 Å². The molecule has 0 aliphatic carbocycles. The van der Waals surface area contributed by atoms with Crippen LogP contribution in [0.1, 0.15) is 48.1 Å². The van der Waals surface area contributed by atoms with Crippen molar-refractivity contribution in [3.63, 3.8) is 0 Å². The molecule has 1 nitrogen and oxygen atoms in total. The molecule has 0 bridgehead atoms. The lowest BCUT2D eigenvalue weighted by Crippen LogP contribution is -2.23. The maximum absolute atomic E-state index is 3.87. The van der Waals surface area contributed by atoms with Crippen molar-refractivity contribution in [3.05, 3.63) is 47.0 Å². The Balaban J connectivity index is 3.04. The number of nitrogens with one attached hydrogen (secondary N) is 1. The molecule has 0 saturated carbocycles. The van der Waals surface area contributed by atoms with Gasteiger partial charge < -0.3 is 5.32 Å². The predicted octanol–water partition coefficient (Wildman–Crippen LogP) is 4.23. The van der Waals surface area contributed by atoms with Crippen LogP contribution in [-0.2, 0) is 0 Å². The van der Waals surface area contributed by atoms with Crippen molar-refractivity contribution in [2.24, 2.45) is 0 Å². The number of hydrogen-bond acceptors (Lipinski definition) is 1. The van der Waals surface area contributed by atoms with Crippen molar-refractivity contribution in [2.45, 2.75) is 46.6 Å². The lowest BCUT2D eigenvalue weighted by Gasteiger charge is -2.22. The predicted molar refractivity (Wildman–Crippen MR) is 76.5 cm³/mol. The maximum atomic E-state index is 3.87. The molecular weight excluding hydrogens is 206 g/mol. The summed E-state index contributed by atoms with van der Waals surface area (Å²) < 4.78 is 0. The molecule has 0 amide bonds. The van der Waals surface area contributed by atoms with Gasteiger partial charge in [0.2, 0.25) is 0 Å². The minimum atomic E-state index is 0.410. The van der Waals surface area contributed by atoms with E-state index in [0.717, 1.165) is 19.4 Å². The van der Waals surface area contributed by atoms with E-state index in [4.69, 9.17) is 0 Å². The summed E-state index contributed by atoms with van der Waals surface area (Å²) >= 11 is 0. The molecule has 1 rings (SSSR count). The van der Waals surface area contributed by atoms with Crippen LogP contribution < -0.4 is 5.32 Å². The lowest BCUT2D eigenvalue weighted by atomic mass is 9.92. The highest BCUT2D eigenvalue weighted by Crippen LogP contribution is 2.26. The summed E-state index contributed by atoms with van der Waals surface area (Å²) in [5, 5.41) is 3.62. The molecule has 0 radical (unpaired) electrons. The number of aryl methyl sites for hydroxylation is 3. The Bertz CT molecular complexity index is 356. The third-order valence-corrected chi connectivity index (χ3v) is 3.13. The van der Waals surface area contributed by atoms with Crippen LogP contribution in [0, 0.1) is 20.8 Å². The second-order valence-corrected chi connectivity index (χ2v) is 4.84. The van der Waals surface area contributed by atoms with Gasteiger partial charge in [0.05, 0.1) is 0 Å². The third-order valence-electron chi connectivity index (χ3n) is 3.13. The fourth-order valence-electron chi connectivity index (χ4n) is 2.53. The molecule has 0 spiro atoms. The number of hydrogen-bond donors (Lipinski definition) is 1. The van der Waals surface area contributed by atoms with Gasteiger partial charge in [-0.1, -0.05) is 30.7 Å². The van der Waals surface area contributed by atoms with Gasteiger partial charge in [0.25, 0.3) is 0 Å². The molecule has 1 aromatic rings. The highest BCUT2D eigenvalue weighted by atomic mass is 14.9. The van der Waals surface area contributed by atoms with Gasteiger partial charge in [-0.2, -0.15) is 0 Å². The van der Waals surface area contributed by atoms with E-state index in [9.17, 15) is 0 Å². The first kappa shape index (κ1) is 14.0. The Hall–Kier alpha value is -1.08. The first-order chi connectivity index (χ1) is 8.10. The van der Waals surface area contributed by atoms with Gasteiger partial charge >= 0.3 is 0 Å². The zero-order valence-corrected chi connectivity index (χ0v) is 11.6. The molecule has 17 heavy (non-hydrogen) atoms. The monoisotopic (exact) mass is 231 g/mol.